The molecule has 1 aliphatic rings. The minimum atomic E-state index is -0.681. The number of rotatable bonds is 5. The van der Waals surface area contributed by atoms with Crippen LogP contribution in [0.1, 0.15) is 23.7 Å². The third-order valence-corrected chi connectivity index (χ3v) is 3.05. The number of nitrogens with zero attached hydrogens (tertiary/aromatic N) is 1. The molecule has 0 radical (unpaired) electrons. The van der Waals surface area contributed by atoms with E-state index in [-0.39, 0.29) is 12.5 Å². The summed E-state index contributed by atoms with van der Waals surface area (Å²) in [6.07, 6.45) is 0.809. The number of methoxy groups -OCH3 is 1. The fourth-order valence-electron chi connectivity index (χ4n) is 2.02. The zero-order chi connectivity index (χ0) is 14.7. The van der Waals surface area contributed by atoms with Crippen LogP contribution in [0.5, 0.6) is 5.75 Å². The molecule has 0 aliphatic carbocycles. The van der Waals surface area contributed by atoms with Crippen molar-refractivity contribution in [2.75, 3.05) is 25.1 Å². The fourth-order valence-corrected chi connectivity index (χ4v) is 2.02. The van der Waals surface area contributed by atoms with E-state index in [2.05, 4.69) is 5.32 Å². The summed E-state index contributed by atoms with van der Waals surface area (Å²) >= 11 is 0. The zero-order valence-electron chi connectivity index (χ0n) is 11.4. The molecule has 1 N–H and O–H groups in total. The molecular formula is C14H16N2O4. The number of benzene rings is 1. The predicted molar refractivity (Wildman–Crippen MR) is 73.0 cm³/mol. The van der Waals surface area contributed by atoms with E-state index in [9.17, 15) is 14.4 Å². The molecule has 0 saturated heterocycles. The third-order valence-electron chi connectivity index (χ3n) is 3.05. The maximum atomic E-state index is 11.9. The van der Waals surface area contributed by atoms with Gasteiger partial charge in [0.25, 0.3) is 11.7 Å². The lowest BCUT2D eigenvalue weighted by molar-refractivity contribution is -0.122. The van der Waals surface area contributed by atoms with Crippen LogP contribution < -0.4 is 15.0 Å². The number of ether oxygens (including phenoxy) is 1. The van der Waals surface area contributed by atoms with Gasteiger partial charge in [0.1, 0.15) is 12.3 Å². The van der Waals surface area contributed by atoms with Crippen molar-refractivity contribution < 1.29 is 19.1 Å². The van der Waals surface area contributed by atoms with Gasteiger partial charge in [0.15, 0.2) is 0 Å². The molecule has 20 heavy (non-hydrogen) atoms. The number of carbonyl (C=O) groups excluding carboxylic acids is 3. The van der Waals surface area contributed by atoms with Gasteiger partial charge in [0.2, 0.25) is 5.91 Å². The van der Waals surface area contributed by atoms with Gasteiger partial charge in [-0.2, -0.15) is 0 Å². The average Bonchev–Trinajstić information content (AvgIpc) is 2.69. The van der Waals surface area contributed by atoms with Crippen molar-refractivity contribution in [3.8, 4) is 5.75 Å². The molecule has 1 heterocycles. The predicted octanol–water partition coefficient (Wildman–Crippen LogP) is 0.751. The van der Waals surface area contributed by atoms with Crippen LogP contribution in [0.4, 0.5) is 5.69 Å². The molecule has 0 atom stereocenters. The van der Waals surface area contributed by atoms with Crippen LogP contribution in [-0.4, -0.2) is 37.8 Å². The molecule has 2 rings (SSSR count). The molecule has 1 aromatic rings. The van der Waals surface area contributed by atoms with E-state index in [1.54, 1.807) is 18.2 Å². The summed E-state index contributed by atoms with van der Waals surface area (Å²) in [5, 5.41) is 2.68. The van der Waals surface area contributed by atoms with Crippen molar-refractivity contribution in [3.05, 3.63) is 23.8 Å². The molecule has 1 aliphatic heterocycles. The van der Waals surface area contributed by atoms with Gasteiger partial charge in [-0.05, 0) is 18.6 Å². The summed E-state index contributed by atoms with van der Waals surface area (Å²) < 4.78 is 5.08. The minimum absolute atomic E-state index is 0.162. The summed E-state index contributed by atoms with van der Waals surface area (Å²) in [4.78, 5) is 36.7. The average molecular weight is 276 g/mol. The first kappa shape index (κ1) is 14.0. The summed E-state index contributed by atoms with van der Waals surface area (Å²) in [6, 6.07) is 4.74. The number of hydrogen-bond acceptors (Lipinski definition) is 4. The highest BCUT2D eigenvalue weighted by Crippen LogP contribution is 2.32. The molecule has 0 unspecified atom stereocenters. The molecule has 6 nitrogen and oxygen atoms in total. The van der Waals surface area contributed by atoms with Crippen molar-refractivity contribution >= 4 is 23.3 Å². The van der Waals surface area contributed by atoms with Crippen LogP contribution in [0.25, 0.3) is 0 Å². The van der Waals surface area contributed by atoms with Crippen LogP contribution in [0, 0.1) is 0 Å². The second-order valence-electron chi connectivity index (χ2n) is 4.45. The number of anilines is 1. The standard InChI is InChI=1S/C14H16N2O4/c1-3-6-15-12(17)8-16-11-7-9(20-2)4-5-10(11)13(18)14(16)19/h4-5,7H,3,6,8H2,1-2H3,(H,15,17). The quantitative estimate of drug-likeness (QED) is 0.805. The van der Waals surface area contributed by atoms with E-state index in [0.717, 1.165) is 6.42 Å². The van der Waals surface area contributed by atoms with Gasteiger partial charge < -0.3 is 10.1 Å². The first-order valence-corrected chi connectivity index (χ1v) is 6.39. The van der Waals surface area contributed by atoms with E-state index < -0.39 is 11.7 Å². The van der Waals surface area contributed by atoms with Gasteiger partial charge in [0, 0.05) is 12.6 Å². The first-order valence-electron chi connectivity index (χ1n) is 6.39. The monoisotopic (exact) mass is 276 g/mol. The Labute approximate surface area is 116 Å². The summed E-state index contributed by atoms with van der Waals surface area (Å²) in [7, 11) is 1.50. The Morgan fingerprint density at radius 3 is 2.75 bits per heavy atom. The van der Waals surface area contributed by atoms with Crippen molar-refractivity contribution in [2.45, 2.75) is 13.3 Å². The maximum absolute atomic E-state index is 11.9. The van der Waals surface area contributed by atoms with Crippen molar-refractivity contribution in [3.63, 3.8) is 0 Å². The molecule has 0 spiro atoms. The molecule has 0 aromatic heterocycles. The number of amides is 2. The molecule has 2 amide bonds. The number of carbonyl (C=O) groups is 3. The third kappa shape index (κ3) is 2.49. The van der Waals surface area contributed by atoms with Gasteiger partial charge in [-0.25, -0.2) is 0 Å². The van der Waals surface area contributed by atoms with Crippen molar-refractivity contribution in [1.29, 1.82) is 0 Å². The minimum Gasteiger partial charge on any atom is -0.497 e. The topological polar surface area (TPSA) is 75.7 Å². The summed E-state index contributed by atoms with van der Waals surface area (Å²) in [6.45, 7) is 2.31. The van der Waals surface area contributed by atoms with Gasteiger partial charge in [-0.15, -0.1) is 0 Å². The second kappa shape index (κ2) is 5.73. The van der Waals surface area contributed by atoms with Gasteiger partial charge in [0.05, 0.1) is 18.4 Å². The highest BCUT2D eigenvalue weighted by Gasteiger charge is 2.36. The Bertz CT molecular complexity index is 568. The molecule has 6 heteroatoms. The number of Topliss-reactive ketones (excluding diaryl/α,β-unsaturated/α-hetero) is 1. The lowest BCUT2D eigenvalue weighted by Crippen LogP contribution is -2.40. The Kier molecular flexibility index (Phi) is 4.02. The maximum Gasteiger partial charge on any atom is 0.299 e. The highest BCUT2D eigenvalue weighted by molar-refractivity contribution is 6.52. The zero-order valence-corrected chi connectivity index (χ0v) is 11.4. The molecule has 0 fully saturated rings. The second-order valence-corrected chi connectivity index (χ2v) is 4.45. The van der Waals surface area contributed by atoms with E-state index >= 15 is 0 Å². The highest BCUT2D eigenvalue weighted by atomic mass is 16.5. The SMILES string of the molecule is CCCNC(=O)CN1C(=O)C(=O)c2ccc(OC)cc21. The summed E-state index contributed by atoms with van der Waals surface area (Å²) in [5.41, 5.74) is 0.727. The number of hydrogen-bond donors (Lipinski definition) is 1. The molecular weight excluding hydrogens is 260 g/mol. The Morgan fingerprint density at radius 2 is 2.10 bits per heavy atom. The van der Waals surface area contributed by atoms with Crippen molar-refractivity contribution in [2.24, 2.45) is 0 Å². The Balaban J connectivity index is 2.25. The first-order chi connectivity index (χ1) is 9.58. The number of nitrogens with one attached hydrogen (secondary N) is 1. The smallest absolute Gasteiger partial charge is 0.299 e. The van der Waals surface area contributed by atoms with E-state index in [1.165, 1.54) is 12.0 Å². The number of fused-ring (bicyclic) bond motifs is 1. The largest absolute Gasteiger partial charge is 0.497 e. The number of ketones is 1. The van der Waals surface area contributed by atoms with Crippen LogP contribution in [-0.2, 0) is 9.59 Å². The van der Waals surface area contributed by atoms with Crippen LogP contribution in [0.2, 0.25) is 0 Å². The van der Waals surface area contributed by atoms with Gasteiger partial charge >= 0.3 is 0 Å². The van der Waals surface area contributed by atoms with E-state index in [4.69, 9.17) is 4.74 Å². The van der Waals surface area contributed by atoms with Crippen molar-refractivity contribution in [1.82, 2.24) is 5.32 Å². The lowest BCUT2D eigenvalue weighted by atomic mass is 10.1. The Hall–Kier alpha value is -2.37. The van der Waals surface area contributed by atoms with E-state index in [1.807, 2.05) is 6.92 Å². The normalized spacial score (nSPS) is 13.4. The summed E-state index contributed by atoms with van der Waals surface area (Å²) in [5.74, 6) is -1.03. The molecule has 106 valence electrons. The van der Waals surface area contributed by atoms with Gasteiger partial charge in [-0.1, -0.05) is 6.92 Å². The lowest BCUT2D eigenvalue weighted by Gasteiger charge is -2.16. The van der Waals surface area contributed by atoms with Gasteiger partial charge in [-0.3, -0.25) is 19.3 Å². The van der Waals surface area contributed by atoms with Crippen LogP contribution in [0.15, 0.2) is 18.2 Å². The fraction of sp³-hybridized carbons (Fsp3) is 0.357. The van der Waals surface area contributed by atoms with E-state index in [0.29, 0.717) is 23.5 Å². The van der Waals surface area contributed by atoms with Crippen LogP contribution >= 0.6 is 0 Å². The Morgan fingerprint density at radius 1 is 1.35 bits per heavy atom. The molecule has 0 saturated carbocycles. The molecule has 1 aromatic carbocycles. The van der Waals surface area contributed by atoms with Crippen LogP contribution in [0.3, 0.4) is 0 Å². The molecule has 0 bridgehead atoms.